The van der Waals surface area contributed by atoms with Crippen molar-refractivity contribution in [1.82, 2.24) is 0 Å². The van der Waals surface area contributed by atoms with E-state index in [2.05, 4.69) is 0 Å². The fourth-order valence-corrected chi connectivity index (χ4v) is 0. The summed E-state index contributed by atoms with van der Waals surface area (Å²) in [5.74, 6) is 0. The summed E-state index contributed by atoms with van der Waals surface area (Å²) >= 11 is -5.25. The van der Waals surface area contributed by atoms with Crippen molar-refractivity contribution in [3.63, 3.8) is 0 Å². The van der Waals surface area contributed by atoms with E-state index in [9.17, 15) is 0 Å². The van der Waals surface area contributed by atoms with Crippen molar-refractivity contribution < 1.29 is 46.0 Å². The van der Waals surface area contributed by atoms with Gasteiger partial charge in [0.05, 0.1) is 0 Å². The Hall–Kier alpha value is 2.18. The summed E-state index contributed by atoms with van der Waals surface area (Å²) in [5, 5.41) is 0. The predicted molar refractivity (Wildman–Crippen MR) is 13.0 cm³/mol. The van der Waals surface area contributed by atoms with Gasteiger partial charge in [0, 0.05) is 16.5 Å². The maximum absolute atomic E-state index is 8.82. The van der Waals surface area contributed by atoms with Crippen LogP contribution < -0.4 is 0 Å². The van der Waals surface area contributed by atoms with Gasteiger partial charge in [0.1, 0.15) is 0 Å². The molecule has 0 atom stereocenters. The molecule has 0 aliphatic carbocycles. The Morgan fingerprint density at radius 1 is 1.14 bits per heavy atom. The Bertz CT molecular complexity index is 94.9. The molecular weight excluding hydrogens is 214 g/mol. The molecule has 44 valence electrons. The van der Waals surface area contributed by atoms with Crippen LogP contribution in [-0.2, 0) is 37.7 Å². The van der Waals surface area contributed by atoms with Gasteiger partial charge in [-0.2, -0.15) is 0 Å². The van der Waals surface area contributed by atoms with Gasteiger partial charge in [-0.05, 0) is 0 Å². The number of rotatable bonds is 0. The second kappa shape index (κ2) is 6.30. The van der Waals surface area contributed by atoms with Crippen LogP contribution in [0.3, 0.4) is 0 Å². The van der Waals surface area contributed by atoms with Gasteiger partial charge in [-0.15, -0.1) is 0 Å². The minimum absolute atomic E-state index is 0. The average molecular weight is 217 g/mol. The topological polar surface area (TPSA) is 74.6 Å². The van der Waals surface area contributed by atoms with Crippen LogP contribution in [0.5, 0.6) is 0 Å². The van der Waals surface area contributed by atoms with E-state index >= 15 is 0 Å². The van der Waals surface area contributed by atoms with E-state index in [1.807, 2.05) is 0 Å². The summed E-state index contributed by atoms with van der Waals surface area (Å²) in [7, 11) is 0. The van der Waals surface area contributed by atoms with Gasteiger partial charge in [-0.1, -0.05) is 0 Å². The Balaban J connectivity index is -0.0000000800. The van der Waals surface area contributed by atoms with E-state index in [4.69, 9.17) is 15.9 Å². The molecule has 0 radical (unpaired) electrons. The van der Waals surface area contributed by atoms with Crippen LogP contribution in [0.25, 0.3) is 0 Å². The first-order chi connectivity index (χ1) is 2.00. The molecular formula is H3CrKNiO4. The van der Waals surface area contributed by atoms with Crippen LogP contribution in [0.15, 0.2) is 0 Å². The van der Waals surface area contributed by atoms with Crippen molar-refractivity contribution in [3.8, 4) is 0 Å². The quantitative estimate of drug-likeness (QED) is 0.460. The van der Waals surface area contributed by atoms with Crippen molar-refractivity contribution >= 4 is 51.4 Å². The van der Waals surface area contributed by atoms with Crippen LogP contribution in [0.2, 0.25) is 0 Å². The van der Waals surface area contributed by atoms with Gasteiger partial charge in [0.15, 0.2) is 0 Å². The molecule has 0 aromatic carbocycles. The van der Waals surface area contributed by atoms with E-state index in [1.54, 1.807) is 0 Å². The van der Waals surface area contributed by atoms with E-state index in [1.165, 1.54) is 0 Å². The molecule has 0 aliphatic rings. The molecule has 0 amide bonds. The van der Waals surface area contributed by atoms with Crippen molar-refractivity contribution in [2.24, 2.45) is 0 Å². The first kappa shape index (κ1) is 16.1. The molecule has 0 fully saturated rings. The zero-order valence-corrected chi connectivity index (χ0v) is 4.70. The molecule has 4 nitrogen and oxygen atoms in total. The molecule has 0 saturated carbocycles. The molecule has 0 saturated heterocycles. The van der Waals surface area contributed by atoms with Crippen LogP contribution in [0.4, 0.5) is 0 Å². The monoisotopic (exact) mass is 216 g/mol. The molecule has 7 heteroatoms. The van der Waals surface area contributed by atoms with Crippen molar-refractivity contribution in [1.29, 1.82) is 0 Å². The van der Waals surface area contributed by atoms with Crippen LogP contribution in [-0.4, -0.2) is 59.7 Å². The van der Waals surface area contributed by atoms with Gasteiger partial charge < -0.3 is 0 Å². The third-order valence-corrected chi connectivity index (χ3v) is 0. The summed E-state index contributed by atoms with van der Waals surface area (Å²) in [5.41, 5.74) is 0. The zero-order valence-electron chi connectivity index (χ0n) is 2.44. The Kier molecular flexibility index (Phi) is 14.5. The second-order valence-corrected chi connectivity index (χ2v) is 1.85. The Labute approximate surface area is 95.4 Å². The number of hydrogen-bond donors (Lipinski definition) is 2. The third kappa shape index (κ3) is 65.7. The average Bonchev–Trinajstić information content (AvgIpc) is 0.722. The molecule has 7 heavy (non-hydrogen) atoms. The fourth-order valence-electron chi connectivity index (χ4n) is 0. The molecule has 0 rings (SSSR count). The molecule has 2 N–H and O–H groups in total. The summed E-state index contributed by atoms with van der Waals surface area (Å²) in [6.07, 6.45) is 0. The first-order valence-corrected chi connectivity index (χ1v) is 2.88. The predicted octanol–water partition coefficient (Wildman–Crippen LogP) is -2.01. The molecule has 0 aliphatic heterocycles. The van der Waals surface area contributed by atoms with E-state index < -0.39 is 13.6 Å². The van der Waals surface area contributed by atoms with Gasteiger partial charge >= 0.3 is 80.9 Å². The zero-order chi connectivity index (χ0) is 4.50. The van der Waals surface area contributed by atoms with Gasteiger partial charge in [0.2, 0.25) is 0 Å². The molecule has 0 heterocycles. The fraction of sp³-hybridized carbons (Fsp3) is 0. The molecule has 0 aromatic heterocycles. The van der Waals surface area contributed by atoms with E-state index in [0.29, 0.717) is 0 Å². The first-order valence-electron chi connectivity index (χ1n) is 0.698. The van der Waals surface area contributed by atoms with E-state index in [0.717, 1.165) is 0 Å². The van der Waals surface area contributed by atoms with Crippen LogP contribution >= 0.6 is 0 Å². The van der Waals surface area contributed by atoms with Gasteiger partial charge in [-0.3, -0.25) is 0 Å². The summed E-state index contributed by atoms with van der Waals surface area (Å²) < 4.78 is 31.9. The standard InChI is InChI=1S/Cr.K.Ni.2H2O.2O.H/h;;;2*1H2;;;/q+2;;;;;;;/p-2. The van der Waals surface area contributed by atoms with E-state index in [-0.39, 0.29) is 67.9 Å². The van der Waals surface area contributed by atoms with Gasteiger partial charge in [-0.25, -0.2) is 0 Å². The number of hydrogen-bond acceptors (Lipinski definition) is 2. The van der Waals surface area contributed by atoms with Crippen LogP contribution in [0.1, 0.15) is 0 Å². The maximum atomic E-state index is 8.82. The minimum atomic E-state index is -5.25. The second-order valence-electron chi connectivity index (χ2n) is 0.448. The normalized spacial score (nSPS) is 8.29. The van der Waals surface area contributed by atoms with Crippen molar-refractivity contribution in [2.75, 3.05) is 0 Å². The van der Waals surface area contributed by atoms with Crippen LogP contribution in [0, 0.1) is 0 Å². The molecule has 0 aromatic rings. The Morgan fingerprint density at radius 2 is 1.14 bits per heavy atom. The molecule has 0 spiro atoms. The van der Waals surface area contributed by atoms with Crippen molar-refractivity contribution in [2.45, 2.75) is 0 Å². The summed E-state index contributed by atoms with van der Waals surface area (Å²) in [6, 6.07) is 0. The summed E-state index contributed by atoms with van der Waals surface area (Å²) in [4.78, 5) is 0. The SMILES string of the molecule is [KH].[Ni].[O]=[Cr](=[O])([OH])[OH]. The third-order valence-electron chi connectivity index (χ3n) is 0. The van der Waals surface area contributed by atoms with Gasteiger partial charge in [0.25, 0.3) is 0 Å². The summed E-state index contributed by atoms with van der Waals surface area (Å²) in [6.45, 7) is 0. The van der Waals surface area contributed by atoms with Crippen molar-refractivity contribution in [3.05, 3.63) is 0 Å². The molecule has 0 bridgehead atoms. The molecule has 0 unspecified atom stereocenters. The Morgan fingerprint density at radius 3 is 1.14 bits per heavy atom.